The Morgan fingerprint density at radius 3 is 2.27 bits per heavy atom. The fourth-order valence-corrected chi connectivity index (χ4v) is 2.25. The average Bonchev–Trinajstić information content (AvgIpc) is 2.52. The molecule has 1 amide bonds. The summed E-state index contributed by atoms with van der Waals surface area (Å²) in [6.07, 6.45) is 2.60. The van der Waals surface area contributed by atoms with Gasteiger partial charge in [-0.2, -0.15) is 0 Å². The van der Waals surface area contributed by atoms with Crippen LogP contribution in [0.25, 0.3) is 0 Å². The molecule has 6 nitrogen and oxygen atoms in total. The van der Waals surface area contributed by atoms with Crippen LogP contribution >= 0.6 is 0 Å². The van der Waals surface area contributed by atoms with Gasteiger partial charge < -0.3 is 15.2 Å². The number of hydrogen-bond donors (Lipinski definition) is 2. The van der Waals surface area contributed by atoms with Crippen LogP contribution < -0.4 is 5.32 Å². The van der Waals surface area contributed by atoms with Crippen molar-refractivity contribution in [3.05, 3.63) is 24.1 Å². The van der Waals surface area contributed by atoms with Gasteiger partial charge >= 0.3 is 5.97 Å². The van der Waals surface area contributed by atoms with Crippen LogP contribution in [0.1, 0.15) is 54.4 Å². The number of amides is 1. The van der Waals surface area contributed by atoms with Gasteiger partial charge in [-0.15, -0.1) is 0 Å². The highest BCUT2D eigenvalue weighted by Crippen LogP contribution is 2.41. The summed E-state index contributed by atoms with van der Waals surface area (Å²) in [4.78, 5) is 27.5. The van der Waals surface area contributed by atoms with Crippen molar-refractivity contribution in [3.8, 4) is 0 Å². The Bertz CT molecular complexity index is 560. The minimum absolute atomic E-state index is 0.111. The maximum atomic E-state index is 12.2. The first-order valence-electron chi connectivity index (χ1n) is 8.84. The summed E-state index contributed by atoms with van der Waals surface area (Å²) in [6.45, 7) is 18.8. The van der Waals surface area contributed by atoms with E-state index in [1.54, 1.807) is 33.8 Å². The Balaban J connectivity index is 4.63. The fraction of sp³-hybridized carbons (Fsp3) is 0.650. The zero-order valence-electron chi connectivity index (χ0n) is 17.0. The molecule has 0 rings (SSSR count). The first-order chi connectivity index (χ1) is 11.9. The molecular weight excluding hydrogens is 332 g/mol. The minimum Gasteiger partial charge on any atom is -0.481 e. The average molecular weight is 367 g/mol. The number of nitrogens with zero attached hydrogens (tertiary/aromatic N) is 1. The van der Waals surface area contributed by atoms with Crippen LogP contribution in [-0.2, 0) is 14.3 Å². The van der Waals surface area contributed by atoms with E-state index >= 15 is 0 Å². The van der Waals surface area contributed by atoms with Crippen LogP contribution in [0.5, 0.6) is 0 Å². The van der Waals surface area contributed by atoms with Crippen molar-refractivity contribution in [2.24, 2.45) is 21.7 Å². The van der Waals surface area contributed by atoms with Gasteiger partial charge in [-0.3, -0.25) is 9.59 Å². The lowest BCUT2D eigenvalue weighted by Gasteiger charge is -2.37. The molecule has 0 heterocycles. The number of carbonyl (C=O) groups is 2. The summed E-state index contributed by atoms with van der Waals surface area (Å²) < 4.78 is 5.60. The fourth-order valence-electron chi connectivity index (χ4n) is 2.25. The molecule has 0 fully saturated rings. The first-order valence-corrected chi connectivity index (χ1v) is 8.84. The van der Waals surface area contributed by atoms with Gasteiger partial charge in [0.25, 0.3) is 0 Å². The molecule has 0 aliphatic rings. The van der Waals surface area contributed by atoms with Crippen LogP contribution in [0.4, 0.5) is 0 Å². The van der Waals surface area contributed by atoms with Crippen molar-refractivity contribution in [2.45, 2.75) is 54.4 Å². The third-order valence-electron chi connectivity index (χ3n) is 4.78. The SMILES string of the molecule is C=C/C(CC(C)C)=C(\N=C)OCCNC(=O)CC(C)(C)C(C)(C)C(=O)O. The highest BCUT2D eigenvalue weighted by molar-refractivity contribution is 5.80. The second-order valence-electron chi connectivity index (χ2n) is 7.98. The summed E-state index contributed by atoms with van der Waals surface area (Å²) in [5.74, 6) is -0.276. The molecule has 6 heteroatoms. The minimum atomic E-state index is -1.01. The number of aliphatic carboxylic acids is 1. The van der Waals surface area contributed by atoms with Gasteiger partial charge in [-0.25, -0.2) is 4.99 Å². The topological polar surface area (TPSA) is 88.0 Å². The van der Waals surface area contributed by atoms with E-state index in [4.69, 9.17) is 4.74 Å². The Morgan fingerprint density at radius 2 is 1.85 bits per heavy atom. The number of nitrogens with one attached hydrogen (secondary N) is 1. The van der Waals surface area contributed by atoms with Gasteiger partial charge in [0, 0.05) is 12.0 Å². The summed E-state index contributed by atoms with van der Waals surface area (Å²) in [7, 11) is 0. The van der Waals surface area contributed by atoms with Crippen molar-refractivity contribution < 1.29 is 19.4 Å². The van der Waals surface area contributed by atoms with Crippen LogP contribution in [0, 0.1) is 16.7 Å². The number of aliphatic imine (C=N–C) groups is 1. The normalized spacial score (nSPS) is 13.0. The molecule has 0 unspecified atom stereocenters. The van der Waals surface area contributed by atoms with Crippen LogP contribution in [-0.4, -0.2) is 36.9 Å². The van der Waals surface area contributed by atoms with Gasteiger partial charge in [0.2, 0.25) is 11.8 Å². The third kappa shape index (κ3) is 7.02. The predicted octanol–water partition coefficient (Wildman–Crippen LogP) is 3.79. The lowest BCUT2D eigenvalue weighted by Crippen LogP contribution is -2.43. The van der Waals surface area contributed by atoms with Gasteiger partial charge in [0.05, 0.1) is 12.0 Å². The standard InChI is InChI=1S/C20H34N2O4/c1-9-15(12-14(2)3)17(21-8)26-11-10-22-16(23)13-19(4,5)20(6,7)18(24)25/h9,14H,1,8,10-13H2,2-7H3,(H,22,23)(H,24,25)/b17-15-. The molecule has 0 radical (unpaired) electrons. The molecule has 0 aliphatic carbocycles. The largest absolute Gasteiger partial charge is 0.481 e. The Morgan fingerprint density at radius 1 is 1.27 bits per heavy atom. The summed E-state index contributed by atoms with van der Waals surface area (Å²) in [6, 6.07) is 0. The summed E-state index contributed by atoms with van der Waals surface area (Å²) in [5, 5.41) is 12.1. The Hall–Kier alpha value is -2.11. The van der Waals surface area contributed by atoms with E-state index in [0.29, 0.717) is 18.3 Å². The molecule has 0 saturated heterocycles. The molecule has 0 saturated carbocycles. The van der Waals surface area contributed by atoms with Crippen molar-refractivity contribution in [1.82, 2.24) is 5.32 Å². The maximum absolute atomic E-state index is 12.2. The molecule has 0 aliphatic heterocycles. The lowest BCUT2D eigenvalue weighted by molar-refractivity contribution is -0.154. The third-order valence-corrected chi connectivity index (χ3v) is 4.78. The number of allylic oxidation sites excluding steroid dienone is 2. The molecule has 2 N–H and O–H groups in total. The van der Waals surface area contributed by atoms with Gasteiger partial charge in [0.1, 0.15) is 6.61 Å². The molecule has 0 aromatic carbocycles. The molecule has 0 aromatic rings. The highest BCUT2D eigenvalue weighted by atomic mass is 16.5. The lowest BCUT2D eigenvalue weighted by atomic mass is 9.66. The summed E-state index contributed by atoms with van der Waals surface area (Å²) in [5.41, 5.74) is -0.824. The van der Waals surface area contributed by atoms with E-state index in [1.807, 2.05) is 0 Å². The van der Waals surface area contributed by atoms with E-state index in [1.165, 1.54) is 0 Å². The molecule has 148 valence electrons. The van der Waals surface area contributed by atoms with Gasteiger partial charge in [-0.05, 0) is 38.3 Å². The van der Waals surface area contributed by atoms with E-state index in [2.05, 4.69) is 37.5 Å². The van der Waals surface area contributed by atoms with E-state index in [-0.39, 0.29) is 18.9 Å². The monoisotopic (exact) mass is 366 g/mol. The zero-order chi connectivity index (χ0) is 20.5. The van der Waals surface area contributed by atoms with Crippen LogP contribution in [0.3, 0.4) is 0 Å². The molecule has 0 aromatic heterocycles. The van der Waals surface area contributed by atoms with Crippen molar-refractivity contribution >= 4 is 18.6 Å². The first kappa shape index (κ1) is 23.9. The number of ether oxygens (including phenoxy) is 1. The van der Waals surface area contributed by atoms with Gasteiger partial charge in [-0.1, -0.05) is 40.3 Å². The zero-order valence-corrected chi connectivity index (χ0v) is 17.0. The summed E-state index contributed by atoms with van der Waals surface area (Å²) >= 11 is 0. The smallest absolute Gasteiger partial charge is 0.309 e. The van der Waals surface area contributed by atoms with E-state index < -0.39 is 16.8 Å². The number of carbonyl (C=O) groups excluding carboxylic acids is 1. The molecule has 0 spiro atoms. The molecule has 26 heavy (non-hydrogen) atoms. The Labute approximate surface area is 157 Å². The van der Waals surface area contributed by atoms with Crippen molar-refractivity contribution in [1.29, 1.82) is 0 Å². The molecule has 0 bridgehead atoms. The number of rotatable bonds is 12. The van der Waals surface area contributed by atoms with Crippen LogP contribution in [0.15, 0.2) is 29.1 Å². The second kappa shape index (κ2) is 10.1. The number of carboxylic acid groups (broad SMARTS) is 1. The van der Waals surface area contributed by atoms with E-state index in [9.17, 15) is 14.7 Å². The second-order valence-corrected chi connectivity index (χ2v) is 7.98. The van der Waals surface area contributed by atoms with Crippen LogP contribution in [0.2, 0.25) is 0 Å². The van der Waals surface area contributed by atoms with Gasteiger partial charge in [0.15, 0.2) is 0 Å². The predicted molar refractivity (Wildman–Crippen MR) is 105 cm³/mol. The number of hydrogen-bond acceptors (Lipinski definition) is 4. The molecular formula is C20H34N2O4. The van der Waals surface area contributed by atoms with Crippen molar-refractivity contribution in [2.75, 3.05) is 13.2 Å². The quantitative estimate of drug-likeness (QED) is 0.238. The highest BCUT2D eigenvalue weighted by Gasteiger charge is 2.44. The van der Waals surface area contributed by atoms with Crippen molar-refractivity contribution in [3.63, 3.8) is 0 Å². The van der Waals surface area contributed by atoms with E-state index in [0.717, 1.165) is 12.0 Å². The maximum Gasteiger partial charge on any atom is 0.309 e. The molecule has 0 atom stereocenters. The Kier molecular flexibility index (Phi) is 9.32. The number of carboxylic acids is 1.